The van der Waals surface area contributed by atoms with Crippen molar-refractivity contribution in [2.75, 3.05) is 18.1 Å². The van der Waals surface area contributed by atoms with Crippen molar-refractivity contribution in [2.24, 2.45) is 0 Å². The number of aromatic amines is 2. The van der Waals surface area contributed by atoms with Crippen LogP contribution in [0, 0.1) is 11.8 Å². The maximum atomic E-state index is 13.8. The van der Waals surface area contributed by atoms with Crippen LogP contribution in [0.5, 0.6) is 0 Å². The number of benzene rings is 2. The minimum atomic E-state index is -0.587. The number of nitrogens with zero attached hydrogens (tertiary/aromatic N) is 3. The second-order valence-electron chi connectivity index (χ2n) is 9.73. The molecule has 0 saturated carbocycles. The summed E-state index contributed by atoms with van der Waals surface area (Å²) in [4.78, 5) is 49.8. The molecule has 2 aromatic carbocycles. The molecule has 1 fully saturated rings. The van der Waals surface area contributed by atoms with E-state index in [2.05, 4.69) is 32.1 Å². The van der Waals surface area contributed by atoms with Gasteiger partial charge >= 0.3 is 11.2 Å². The lowest BCUT2D eigenvalue weighted by Crippen LogP contribution is -2.69. The number of aromatic nitrogens is 4. The topological polar surface area (TPSA) is 116 Å². The average molecular weight is 511 g/mol. The maximum Gasteiger partial charge on any atom is 0.349 e. The van der Waals surface area contributed by atoms with Gasteiger partial charge < -0.3 is 9.99 Å². The Kier molecular flexibility index (Phi) is 6.99. The zero-order chi connectivity index (χ0) is 26.7. The molecule has 3 heterocycles. The highest BCUT2D eigenvalue weighted by molar-refractivity contribution is 5.97. The van der Waals surface area contributed by atoms with Gasteiger partial charge in [-0.25, -0.2) is 9.78 Å². The SMILES string of the molecule is CC#CCN[C@]1(C)CCCN(n2c(=O)[nH]c3nc[nH]c3c2=O)C1CC(=O)c1cccc(-c2ccccc2)c1. The van der Waals surface area contributed by atoms with Gasteiger partial charge in [0.1, 0.15) is 0 Å². The van der Waals surface area contributed by atoms with Crippen LogP contribution in [-0.2, 0) is 0 Å². The van der Waals surface area contributed by atoms with E-state index in [9.17, 15) is 14.4 Å². The largest absolute Gasteiger partial charge is 0.349 e. The quantitative estimate of drug-likeness (QED) is 0.260. The Balaban J connectivity index is 1.54. The van der Waals surface area contributed by atoms with E-state index in [-0.39, 0.29) is 23.4 Å². The molecule has 0 radical (unpaired) electrons. The third-order valence-corrected chi connectivity index (χ3v) is 7.33. The Morgan fingerprint density at radius 1 is 1.16 bits per heavy atom. The van der Waals surface area contributed by atoms with Crippen LogP contribution >= 0.6 is 0 Å². The third-order valence-electron chi connectivity index (χ3n) is 7.33. The van der Waals surface area contributed by atoms with Crippen molar-refractivity contribution in [1.82, 2.24) is 24.9 Å². The molecular formula is C29H30N6O3. The molecule has 1 unspecified atom stereocenters. The molecule has 2 aromatic heterocycles. The average Bonchev–Trinajstić information content (AvgIpc) is 3.40. The van der Waals surface area contributed by atoms with Crippen LogP contribution in [0.3, 0.4) is 0 Å². The molecule has 0 aliphatic carbocycles. The van der Waals surface area contributed by atoms with Crippen molar-refractivity contribution in [3.8, 4) is 23.0 Å². The number of rotatable bonds is 7. The molecule has 5 rings (SSSR count). The predicted molar refractivity (Wildman–Crippen MR) is 148 cm³/mol. The summed E-state index contributed by atoms with van der Waals surface area (Å²) >= 11 is 0. The molecule has 1 saturated heterocycles. The van der Waals surface area contributed by atoms with Crippen molar-refractivity contribution in [3.63, 3.8) is 0 Å². The van der Waals surface area contributed by atoms with Crippen molar-refractivity contribution >= 4 is 16.9 Å². The molecule has 9 nitrogen and oxygen atoms in total. The Bertz CT molecular complexity index is 1640. The number of nitrogens with one attached hydrogen (secondary N) is 3. The second-order valence-corrected chi connectivity index (χ2v) is 9.73. The molecule has 194 valence electrons. The molecule has 0 spiro atoms. The van der Waals surface area contributed by atoms with E-state index in [0.29, 0.717) is 18.7 Å². The number of H-pyrrole nitrogens is 2. The normalized spacial score (nSPS) is 19.2. The van der Waals surface area contributed by atoms with Crippen LogP contribution in [-0.4, -0.2) is 50.1 Å². The number of carbonyl (C=O) groups excluding carboxylic acids is 1. The Morgan fingerprint density at radius 3 is 2.74 bits per heavy atom. The number of Topliss-reactive ketones (excluding diaryl/α,β-unsaturated/α-hetero) is 1. The van der Waals surface area contributed by atoms with Gasteiger partial charge in [-0.15, -0.1) is 5.92 Å². The zero-order valence-corrected chi connectivity index (χ0v) is 21.5. The lowest BCUT2D eigenvalue weighted by molar-refractivity contribution is 0.0926. The van der Waals surface area contributed by atoms with E-state index in [0.717, 1.165) is 28.6 Å². The molecule has 0 amide bonds. The van der Waals surface area contributed by atoms with Crippen LogP contribution < -0.4 is 21.6 Å². The fourth-order valence-electron chi connectivity index (χ4n) is 5.30. The van der Waals surface area contributed by atoms with Gasteiger partial charge in [0.2, 0.25) is 0 Å². The molecular weight excluding hydrogens is 480 g/mol. The van der Waals surface area contributed by atoms with Crippen molar-refractivity contribution in [2.45, 2.75) is 44.7 Å². The fraction of sp³-hybridized carbons (Fsp3) is 0.310. The minimum absolute atomic E-state index is 0.0682. The molecule has 1 aliphatic heterocycles. The highest BCUT2D eigenvalue weighted by Crippen LogP contribution is 2.30. The minimum Gasteiger partial charge on any atom is -0.339 e. The first-order valence-electron chi connectivity index (χ1n) is 12.7. The number of fused-ring (bicyclic) bond motifs is 1. The van der Waals surface area contributed by atoms with E-state index >= 15 is 0 Å². The number of hydrogen-bond donors (Lipinski definition) is 3. The lowest BCUT2D eigenvalue weighted by atomic mass is 9.80. The van der Waals surface area contributed by atoms with Gasteiger partial charge in [-0.2, -0.15) is 4.68 Å². The van der Waals surface area contributed by atoms with E-state index in [1.54, 1.807) is 11.9 Å². The first-order chi connectivity index (χ1) is 18.4. The monoisotopic (exact) mass is 510 g/mol. The number of hydrogen-bond acceptors (Lipinski definition) is 6. The summed E-state index contributed by atoms with van der Waals surface area (Å²) < 4.78 is 1.11. The summed E-state index contributed by atoms with van der Waals surface area (Å²) in [7, 11) is 0. The van der Waals surface area contributed by atoms with E-state index in [4.69, 9.17) is 0 Å². The van der Waals surface area contributed by atoms with Crippen molar-refractivity contribution in [1.29, 1.82) is 0 Å². The summed E-state index contributed by atoms with van der Waals surface area (Å²) in [5, 5.41) is 5.23. The summed E-state index contributed by atoms with van der Waals surface area (Å²) in [5.41, 5.74) is 1.31. The van der Waals surface area contributed by atoms with Crippen LogP contribution in [0.1, 0.15) is 43.5 Å². The molecule has 4 aromatic rings. The van der Waals surface area contributed by atoms with Crippen LogP contribution in [0.2, 0.25) is 0 Å². The van der Waals surface area contributed by atoms with E-state index < -0.39 is 22.8 Å². The van der Waals surface area contributed by atoms with E-state index in [1.807, 2.05) is 61.5 Å². The van der Waals surface area contributed by atoms with E-state index in [1.165, 1.54) is 6.33 Å². The van der Waals surface area contributed by atoms with Gasteiger partial charge in [0.05, 0.1) is 18.9 Å². The highest BCUT2D eigenvalue weighted by Gasteiger charge is 2.43. The molecule has 9 heteroatoms. The molecule has 1 aliphatic rings. The first-order valence-corrected chi connectivity index (χ1v) is 12.7. The van der Waals surface area contributed by atoms with Gasteiger partial charge in [0, 0.05) is 24.1 Å². The van der Waals surface area contributed by atoms with Gasteiger partial charge in [0.15, 0.2) is 16.9 Å². The third kappa shape index (κ3) is 4.78. The number of piperidine rings is 1. The first kappa shape index (κ1) is 25.2. The van der Waals surface area contributed by atoms with Gasteiger partial charge in [0.25, 0.3) is 0 Å². The molecule has 38 heavy (non-hydrogen) atoms. The predicted octanol–water partition coefficient (Wildman–Crippen LogP) is 2.82. The molecule has 0 bridgehead atoms. The van der Waals surface area contributed by atoms with Crippen molar-refractivity contribution in [3.05, 3.63) is 87.3 Å². The summed E-state index contributed by atoms with van der Waals surface area (Å²) in [5.74, 6) is 5.86. The summed E-state index contributed by atoms with van der Waals surface area (Å²) in [6.07, 6.45) is 2.96. The van der Waals surface area contributed by atoms with Crippen LogP contribution in [0.4, 0.5) is 0 Å². The molecule has 2 atom stereocenters. The Morgan fingerprint density at radius 2 is 1.95 bits per heavy atom. The summed E-state index contributed by atoms with van der Waals surface area (Å²) in [6.45, 7) is 4.68. The van der Waals surface area contributed by atoms with Gasteiger partial charge in [-0.3, -0.25) is 19.9 Å². The van der Waals surface area contributed by atoms with Crippen molar-refractivity contribution < 1.29 is 4.79 Å². The highest BCUT2D eigenvalue weighted by atomic mass is 16.2. The number of imidazole rings is 1. The Hall–Kier alpha value is -4.42. The lowest BCUT2D eigenvalue weighted by Gasteiger charge is -2.49. The zero-order valence-electron chi connectivity index (χ0n) is 21.5. The maximum absolute atomic E-state index is 13.8. The standard InChI is InChI=1S/C29H30N6O3/c1-3-4-15-32-29(2)14-9-16-34(35-27(37)25-26(31-19-30-25)33-28(35)38)24(29)18-23(36)22-13-8-12-21(17-22)20-10-6-5-7-11-20/h5-8,10-13,17,19,24,32H,9,14-16,18H2,1-2H3,(H,30,31)(H,33,38)/t24?,29-/m1/s1. The van der Waals surface area contributed by atoms with Crippen LogP contribution in [0.25, 0.3) is 22.3 Å². The molecule has 3 N–H and O–H groups in total. The smallest absolute Gasteiger partial charge is 0.339 e. The van der Waals surface area contributed by atoms with Gasteiger partial charge in [-0.1, -0.05) is 54.5 Å². The Labute approximate surface area is 219 Å². The van der Waals surface area contributed by atoms with Gasteiger partial charge in [-0.05, 0) is 43.9 Å². The number of carbonyl (C=O) groups is 1. The summed E-state index contributed by atoms with van der Waals surface area (Å²) in [6, 6.07) is 17.0. The fourth-order valence-corrected chi connectivity index (χ4v) is 5.30. The van der Waals surface area contributed by atoms with Crippen LogP contribution in [0.15, 0.2) is 70.5 Å². The second kappa shape index (κ2) is 10.5. The number of ketones is 1.